The second kappa shape index (κ2) is 43.5. The summed E-state index contributed by atoms with van der Waals surface area (Å²) in [5.41, 5.74) is 5.70. The van der Waals surface area contributed by atoms with Crippen LogP contribution >= 0.6 is 34.3 Å². The molecule has 0 spiro atoms. The van der Waals surface area contributed by atoms with E-state index in [9.17, 15) is 65.4 Å². The minimum Gasteiger partial charge on any atom is -0.508 e. The number of esters is 2. The molecule has 560 valence electrons. The molecule has 102 heavy (non-hydrogen) atoms. The van der Waals surface area contributed by atoms with E-state index in [-0.39, 0.29) is 77.8 Å². The van der Waals surface area contributed by atoms with Gasteiger partial charge in [-0.1, -0.05) is 147 Å². The number of aromatic hydroxyl groups is 1. The molecule has 4 fully saturated rings. The van der Waals surface area contributed by atoms with E-state index >= 15 is 0 Å². The normalized spacial score (nSPS) is 16.4. The number of hydrogen-bond acceptors (Lipinski definition) is 20. The molecule has 4 N–H and O–H groups in total. The minimum absolute atomic E-state index is 0. The van der Waals surface area contributed by atoms with Crippen LogP contribution in [0.5, 0.6) is 5.75 Å². The Morgan fingerprint density at radius 1 is 0.549 bits per heavy atom. The first-order chi connectivity index (χ1) is 47.9. The zero-order chi connectivity index (χ0) is 74.7. The molecular weight excluding hydrogens is 1630 g/mol. The molecule has 4 saturated carbocycles. The molecule has 4 unspecified atom stereocenters. The number of carbonyl (C=O) groups excluding carboxylic acids is 3. The van der Waals surface area contributed by atoms with Crippen LogP contribution < -0.4 is 28.0 Å². The number of nitrogen functional groups attached to an aromatic ring is 1. The number of pyridine rings is 4. The van der Waals surface area contributed by atoms with Crippen LogP contribution in [0.3, 0.4) is 0 Å². The van der Waals surface area contributed by atoms with Gasteiger partial charge < -0.3 is 30.0 Å². The summed E-state index contributed by atoms with van der Waals surface area (Å²) in [6.45, 7) is 6.79. The van der Waals surface area contributed by atoms with E-state index in [2.05, 4.69) is 18.3 Å². The molecule has 2 radical (unpaired) electrons. The molecule has 4 aliphatic rings. The minimum atomic E-state index is -3.49. The van der Waals surface area contributed by atoms with Gasteiger partial charge in [0.1, 0.15) is 23.9 Å². The number of rotatable bonds is 20. The number of ketones is 1. The number of ether oxygens (including phenoxy) is 2. The summed E-state index contributed by atoms with van der Waals surface area (Å²) >= 11 is 8.77. The zero-order valence-electron chi connectivity index (χ0n) is 60.2. The Morgan fingerprint density at radius 2 is 0.882 bits per heavy atom. The van der Waals surface area contributed by atoms with E-state index in [1.165, 1.54) is 118 Å². The number of sulfone groups is 2. The number of halogens is 1. The quantitative estimate of drug-likeness (QED) is 0.0472. The summed E-state index contributed by atoms with van der Waals surface area (Å²) in [5.74, 6) is -0.334. The average molecular weight is 1740 g/mol. The van der Waals surface area contributed by atoms with E-state index in [1.807, 2.05) is 10.8 Å². The molecule has 6 aromatic rings. The van der Waals surface area contributed by atoms with Gasteiger partial charge in [0, 0.05) is 127 Å². The van der Waals surface area contributed by atoms with Gasteiger partial charge in [-0.2, -0.15) is 0 Å². The van der Waals surface area contributed by atoms with E-state index in [1.54, 1.807) is 46.2 Å². The van der Waals surface area contributed by atoms with Crippen molar-refractivity contribution in [1.29, 1.82) is 1.34 Å². The van der Waals surface area contributed by atoms with Crippen LogP contribution in [0.2, 0.25) is 5.02 Å². The smallest absolute Gasteiger partial charge is 0.328 e. The maximum Gasteiger partial charge on any atom is 0.328 e. The number of aromatic nitrogens is 6. The van der Waals surface area contributed by atoms with Crippen molar-refractivity contribution in [1.82, 2.24) is 28.2 Å². The molecule has 0 amide bonds. The van der Waals surface area contributed by atoms with Crippen LogP contribution in [-0.4, -0.2) is 115 Å². The van der Waals surface area contributed by atoms with Crippen molar-refractivity contribution in [3.8, 4) is 5.75 Å². The molecule has 6 heterocycles. The molecule has 0 bridgehead atoms. The Kier molecular flexibility index (Phi) is 37.7. The number of anilines is 1. The van der Waals surface area contributed by atoms with Crippen LogP contribution in [0.1, 0.15) is 213 Å². The van der Waals surface area contributed by atoms with Crippen molar-refractivity contribution in [2.24, 2.45) is 23.7 Å². The monoisotopic (exact) mass is 1740 g/mol. The number of hydrogen-bond donors (Lipinski definition) is 3. The predicted molar refractivity (Wildman–Crippen MR) is 398 cm³/mol. The van der Waals surface area contributed by atoms with Crippen molar-refractivity contribution in [3.63, 3.8) is 0 Å². The van der Waals surface area contributed by atoms with Crippen LogP contribution in [-0.2, 0) is 54.7 Å². The molecule has 0 aromatic carbocycles. The molecule has 6 aromatic heterocycles. The Bertz CT molecular complexity index is 4150. The van der Waals surface area contributed by atoms with Crippen molar-refractivity contribution >= 4 is 91.1 Å². The number of carboxylic acid groups (broad SMARTS) is 1. The Labute approximate surface area is 640 Å². The number of Topliss-reactive ketones (excluding diaryl/α,β-unsaturated/α-hetero) is 1. The van der Waals surface area contributed by atoms with Gasteiger partial charge >= 0.3 is 17.9 Å². The fourth-order valence-electron chi connectivity index (χ4n) is 14.1. The maximum absolute atomic E-state index is 13.2. The van der Waals surface area contributed by atoms with E-state index in [0.717, 1.165) is 126 Å². The van der Waals surface area contributed by atoms with E-state index in [4.69, 9.17) is 28.1 Å². The maximum atomic E-state index is 13.2. The first-order valence-electron chi connectivity index (χ1n) is 34.6. The van der Waals surface area contributed by atoms with Crippen molar-refractivity contribution in [2.45, 2.75) is 230 Å². The third-order valence-electron chi connectivity index (χ3n) is 19.0. The number of carbonyl (C=O) groups is 4. The van der Waals surface area contributed by atoms with Gasteiger partial charge in [0.05, 0.1) is 41.5 Å². The Balaban J connectivity index is 0.000000344. The number of nitrogens with two attached hydrogens (primary N) is 1. The Hall–Kier alpha value is -5.95. The van der Waals surface area contributed by atoms with Crippen molar-refractivity contribution in [2.75, 3.05) is 32.5 Å². The average Bonchev–Trinajstić information content (AvgIpc) is 0.959. The summed E-state index contributed by atoms with van der Waals surface area (Å²) in [5, 5.41) is 24.3. The third kappa shape index (κ3) is 27.5. The van der Waals surface area contributed by atoms with Crippen LogP contribution in [0.4, 0.5) is 5.13 Å². The summed E-state index contributed by atoms with van der Waals surface area (Å²) in [7, 11) is -0.534. The molecule has 4 atom stereocenters. The van der Waals surface area contributed by atoms with E-state index in [0.29, 0.717) is 82.3 Å². The second-order valence-electron chi connectivity index (χ2n) is 26.6. The fraction of sp³-hybridized carbons (Fsp3) is 0.583. The van der Waals surface area contributed by atoms with Crippen LogP contribution in [0.25, 0.3) is 0 Å². The van der Waals surface area contributed by atoms with Gasteiger partial charge in [0.25, 0.3) is 22.2 Å². The second-order valence-corrected chi connectivity index (χ2v) is 32.9. The molecular formula is C72H103BClN7O16S4U. The van der Waals surface area contributed by atoms with Gasteiger partial charge in [0.15, 0.2) is 30.6 Å². The molecule has 10 rings (SSSR count). The van der Waals surface area contributed by atoms with Crippen LogP contribution in [0.15, 0.2) is 101 Å². The summed E-state index contributed by atoms with van der Waals surface area (Å²) in [6.07, 6.45) is 30.7. The number of nitrogens with zero attached hydrogens (tertiary/aromatic N) is 6. The predicted octanol–water partition coefficient (Wildman–Crippen LogP) is 12.3. The topological polar surface area (TPSA) is 335 Å². The summed E-state index contributed by atoms with van der Waals surface area (Å²) in [4.78, 5) is 107. The molecule has 23 nitrogen and oxygen atoms in total. The first kappa shape index (κ1) is 88.4. The number of aliphatic carboxylic acids is 1. The van der Waals surface area contributed by atoms with Gasteiger partial charge in [-0.05, 0) is 103 Å². The van der Waals surface area contributed by atoms with Crippen molar-refractivity contribution < 1.29 is 86.8 Å². The number of carboxylic acids is 1. The van der Waals surface area contributed by atoms with Gasteiger partial charge in [-0.3, -0.25) is 37.7 Å². The van der Waals surface area contributed by atoms with Crippen LogP contribution in [0, 0.1) is 82.5 Å². The SMILES string of the molecule is C.COC(=O)C(CC1CCCCC1)n1c(C)cc(Cl)cc1=O.COC(=O)C(CC1CCCCC1)n1c(C)cc(S(C)(=O)=O)cc1=O.Cc1cc(O)cc(=O)n1C(CC1CCCCC1)C(=O)O.Cc1cc(S(C)(=O)=O)cc(=O)n1C(CC1CCCCC1)C(=O)Cc1nccs1.Nc1nccs1.[3H][B].[U]. The third-order valence-corrected chi connectivity index (χ3v) is 22.8. The number of aryl methyl sites for hydroxylation is 4. The standard InChI is InChI=1S/C20H26N2O4S2.C17H25NO5S.C16H22ClNO3.C15H21NO4.C3H4N2S.CH4.BH.U/c1-14-10-16(28(2,25)26)12-20(24)22(14)17(11-15-6-4-3-5-7-15)18(23)13-19-21-8-9-27-19;1-12-9-14(24(3,21)22)11-16(19)18(12)15(17(20)23-2)10-13-7-5-4-6-8-13;1-11-8-13(17)10-15(19)18(11)14(16(20)21-2)9-12-6-4-3-5-7-12;1-10-7-12(17)9-14(18)16(10)13(15(19)20)8-11-5-3-2-4-6-11;4-3-5-1-2-6-3;;;/h8-10,12,15,17H,3-7,11,13H2,1-2H3;9,11,13,15H,4-8,10H2,1-3H3;8,10,12,14H,3-7,9H2,1-2H3;7,9,11,13,17H,2-6,8H2,1H3,(H,19,20);1-2H,(H2,4,5);1H4;1H;/i;;;;;;1T;. The number of thiazole rings is 2. The molecule has 4 aliphatic carbocycles. The van der Waals surface area contributed by atoms with Gasteiger partial charge in [-0.25, -0.2) is 41.2 Å². The summed E-state index contributed by atoms with van der Waals surface area (Å²) < 4.78 is 67.8. The molecule has 0 aliphatic heterocycles. The Morgan fingerprint density at radius 3 is 1.20 bits per heavy atom. The number of methoxy groups -OCH3 is 2. The van der Waals surface area contributed by atoms with Gasteiger partial charge in [-0.15, -0.1) is 22.7 Å². The van der Waals surface area contributed by atoms with Crippen molar-refractivity contribution in [3.05, 3.63) is 146 Å². The summed E-state index contributed by atoms with van der Waals surface area (Å²) in [6, 6.07) is 8.01. The van der Waals surface area contributed by atoms with E-state index < -0.39 is 72.5 Å². The molecule has 30 heteroatoms. The fourth-order valence-corrected chi connectivity index (χ4v) is 16.8. The largest absolute Gasteiger partial charge is 0.508 e. The molecule has 0 saturated heterocycles. The van der Waals surface area contributed by atoms with Gasteiger partial charge in [0.2, 0.25) is 0 Å². The zero-order valence-corrected chi connectivity index (χ0v) is 67.4. The first-order valence-corrected chi connectivity index (χ1v) is 39.9.